The summed E-state index contributed by atoms with van der Waals surface area (Å²) in [4.78, 5) is 35.3. The zero-order valence-electron chi connectivity index (χ0n) is 21.1. The van der Waals surface area contributed by atoms with E-state index in [0.717, 1.165) is 46.1 Å². The van der Waals surface area contributed by atoms with Crippen molar-refractivity contribution in [3.8, 4) is 17.0 Å². The quantitative estimate of drug-likeness (QED) is 0.350. The van der Waals surface area contributed by atoms with E-state index in [-0.39, 0.29) is 18.4 Å². The summed E-state index contributed by atoms with van der Waals surface area (Å²) >= 11 is 0. The number of hydrogen-bond acceptors (Lipinski definition) is 8. The topological polar surface area (TPSA) is 116 Å². The van der Waals surface area contributed by atoms with Crippen LogP contribution in [0.15, 0.2) is 54.7 Å². The Morgan fingerprint density at radius 1 is 1.06 bits per heavy atom. The average molecular weight is 489 g/mol. The number of hydrogen-bond donors (Lipinski definition) is 2. The Labute approximate surface area is 210 Å². The fourth-order valence-electron chi connectivity index (χ4n) is 3.81. The van der Waals surface area contributed by atoms with Gasteiger partial charge in [-0.05, 0) is 44.4 Å². The number of aromatic amines is 1. The van der Waals surface area contributed by atoms with Gasteiger partial charge in [-0.1, -0.05) is 12.1 Å². The largest absolute Gasteiger partial charge is 0.497 e. The predicted molar refractivity (Wildman–Crippen MR) is 142 cm³/mol. The van der Waals surface area contributed by atoms with Gasteiger partial charge in [0, 0.05) is 43.7 Å². The van der Waals surface area contributed by atoms with Gasteiger partial charge < -0.3 is 30.2 Å². The maximum atomic E-state index is 13.1. The number of methoxy groups -OCH3 is 1. The van der Waals surface area contributed by atoms with Crippen LogP contribution in [0.25, 0.3) is 22.3 Å². The first kappa shape index (κ1) is 24.9. The molecule has 3 N–H and O–H groups in total. The van der Waals surface area contributed by atoms with Gasteiger partial charge in [0.25, 0.3) is 0 Å². The second-order valence-corrected chi connectivity index (χ2v) is 8.89. The molecule has 2 aromatic heterocycles. The summed E-state index contributed by atoms with van der Waals surface area (Å²) in [6.07, 6.45) is 1.64. The Morgan fingerprint density at radius 2 is 1.89 bits per heavy atom. The van der Waals surface area contributed by atoms with Crippen molar-refractivity contribution in [3.05, 3.63) is 60.6 Å². The van der Waals surface area contributed by atoms with Gasteiger partial charge in [0.05, 0.1) is 36.9 Å². The number of carbonyl (C=O) groups excluding carboxylic acids is 1. The zero-order chi connectivity index (χ0) is 25.7. The minimum atomic E-state index is 0.0272. The van der Waals surface area contributed by atoms with Gasteiger partial charge in [-0.2, -0.15) is 0 Å². The van der Waals surface area contributed by atoms with E-state index in [1.54, 1.807) is 18.2 Å². The van der Waals surface area contributed by atoms with Gasteiger partial charge in [-0.3, -0.25) is 4.79 Å². The fourth-order valence-corrected chi connectivity index (χ4v) is 3.81. The van der Waals surface area contributed by atoms with Gasteiger partial charge in [0.15, 0.2) is 0 Å². The Morgan fingerprint density at radius 3 is 2.64 bits per heavy atom. The van der Waals surface area contributed by atoms with Crippen molar-refractivity contribution < 1.29 is 9.53 Å². The van der Waals surface area contributed by atoms with Crippen LogP contribution in [0.2, 0.25) is 0 Å². The van der Waals surface area contributed by atoms with Crippen molar-refractivity contribution in [3.63, 3.8) is 0 Å². The minimum Gasteiger partial charge on any atom is -0.497 e. The molecule has 2 heterocycles. The standard InChI is InChI=1S/C26H32N8O2/c1-32(2)12-13-33(3)25(35)17-34(19-6-5-7-20(15-19)36-4)16-24-29-22-9-8-18(14-23(22)30-24)21-10-11-28-26(27)31-21/h5-11,14-15H,12-13,16-17H2,1-4H3,(H,29,30)(H2,27,28,31). The molecular weight excluding hydrogens is 456 g/mol. The second-order valence-electron chi connectivity index (χ2n) is 8.89. The van der Waals surface area contributed by atoms with Crippen LogP contribution in [-0.4, -0.2) is 83.5 Å². The van der Waals surface area contributed by atoms with Gasteiger partial charge in [-0.15, -0.1) is 0 Å². The molecule has 2 aromatic carbocycles. The summed E-state index contributed by atoms with van der Waals surface area (Å²) in [6.45, 7) is 2.08. The number of amides is 1. The SMILES string of the molecule is COc1cccc(N(CC(=O)N(C)CCN(C)C)Cc2nc3cc(-c4ccnc(N)n4)ccc3[nH]2)c1. The minimum absolute atomic E-state index is 0.0272. The second kappa shape index (κ2) is 11.0. The van der Waals surface area contributed by atoms with Gasteiger partial charge in [0.2, 0.25) is 11.9 Å². The molecule has 0 saturated carbocycles. The van der Waals surface area contributed by atoms with Crippen molar-refractivity contribution in [2.24, 2.45) is 0 Å². The van der Waals surface area contributed by atoms with Gasteiger partial charge >= 0.3 is 0 Å². The van der Waals surface area contributed by atoms with Crippen LogP contribution in [0.1, 0.15) is 5.82 Å². The molecule has 10 heteroatoms. The molecule has 0 saturated heterocycles. The lowest BCUT2D eigenvalue weighted by molar-refractivity contribution is -0.128. The molecule has 10 nitrogen and oxygen atoms in total. The number of aromatic nitrogens is 4. The van der Waals surface area contributed by atoms with Crippen molar-refractivity contribution in [2.75, 3.05) is 58.5 Å². The van der Waals surface area contributed by atoms with Crippen molar-refractivity contribution in [2.45, 2.75) is 6.54 Å². The summed E-state index contributed by atoms with van der Waals surface area (Å²) in [5, 5.41) is 0. The van der Waals surface area contributed by atoms with E-state index in [1.165, 1.54) is 0 Å². The van der Waals surface area contributed by atoms with E-state index in [2.05, 4.69) is 19.9 Å². The highest BCUT2D eigenvalue weighted by Gasteiger charge is 2.18. The Hall–Kier alpha value is -4.18. The molecular formula is C26H32N8O2. The Bertz CT molecular complexity index is 1340. The smallest absolute Gasteiger partial charge is 0.241 e. The highest BCUT2D eigenvalue weighted by Crippen LogP contribution is 2.25. The lowest BCUT2D eigenvalue weighted by Gasteiger charge is -2.27. The summed E-state index contributed by atoms with van der Waals surface area (Å²) in [7, 11) is 7.45. The summed E-state index contributed by atoms with van der Waals surface area (Å²) in [6, 6.07) is 15.4. The van der Waals surface area contributed by atoms with E-state index >= 15 is 0 Å². The van der Waals surface area contributed by atoms with Crippen LogP contribution >= 0.6 is 0 Å². The van der Waals surface area contributed by atoms with Crippen molar-refractivity contribution in [1.29, 1.82) is 0 Å². The molecule has 0 fully saturated rings. The number of ether oxygens (including phenoxy) is 1. The molecule has 0 atom stereocenters. The molecule has 4 aromatic rings. The van der Waals surface area contributed by atoms with E-state index in [0.29, 0.717) is 13.1 Å². The number of nitrogens with two attached hydrogens (primary N) is 1. The first-order valence-corrected chi connectivity index (χ1v) is 11.7. The third kappa shape index (κ3) is 6.08. The zero-order valence-corrected chi connectivity index (χ0v) is 21.1. The maximum Gasteiger partial charge on any atom is 0.241 e. The Kier molecular flexibility index (Phi) is 7.65. The molecule has 0 aliphatic carbocycles. The molecule has 0 radical (unpaired) electrons. The monoisotopic (exact) mass is 488 g/mol. The van der Waals surface area contributed by atoms with E-state index < -0.39 is 0 Å². The van der Waals surface area contributed by atoms with Crippen LogP contribution in [0, 0.1) is 0 Å². The fraction of sp³-hybridized carbons (Fsp3) is 0.308. The van der Waals surface area contributed by atoms with E-state index in [1.807, 2.05) is 74.6 Å². The molecule has 36 heavy (non-hydrogen) atoms. The third-order valence-electron chi connectivity index (χ3n) is 5.90. The molecule has 0 unspecified atom stereocenters. The number of anilines is 2. The first-order valence-electron chi connectivity index (χ1n) is 11.7. The molecule has 4 rings (SSSR count). The number of benzene rings is 2. The number of H-pyrrole nitrogens is 1. The van der Waals surface area contributed by atoms with Crippen LogP contribution in [0.3, 0.4) is 0 Å². The summed E-state index contributed by atoms with van der Waals surface area (Å²) in [5.41, 5.74) is 9.96. The van der Waals surface area contributed by atoms with Crippen molar-refractivity contribution in [1.82, 2.24) is 29.7 Å². The van der Waals surface area contributed by atoms with E-state index in [9.17, 15) is 4.79 Å². The van der Waals surface area contributed by atoms with E-state index in [4.69, 9.17) is 15.5 Å². The average Bonchev–Trinajstić information content (AvgIpc) is 3.28. The van der Waals surface area contributed by atoms with Crippen LogP contribution in [-0.2, 0) is 11.3 Å². The van der Waals surface area contributed by atoms with Gasteiger partial charge in [0.1, 0.15) is 11.6 Å². The highest BCUT2D eigenvalue weighted by molar-refractivity contribution is 5.82. The summed E-state index contributed by atoms with van der Waals surface area (Å²) in [5.74, 6) is 1.73. The first-order chi connectivity index (χ1) is 17.3. The molecule has 0 aliphatic rings. The number of imidazole rings is 1. The maximum absolute atomic E-state index is 13.1. The molecule has 1 amide bonds. The van der Waals surface area contributed by atoms with Crippen LogP contribution in [0.4, 0.5) is 11.6 Å². The third-order valence-corrected chi connectivity index (χ3v) is 5.90. The number of nitrogens with zero attached hydrogens (tertiary/aromatic N) is 6. The van der Waals surface area contributed by atoms with Crippen LogP contribution < -0.4 is 15.4 Å². The molecule has 188 valence electrons. The van der Waals surface area contributed by atoms with Crippen molar-refractivity contribution >= 4 is 28.6 Å². The van der Waals surface area contributed by atoms with Crippen LogP contribution in [0.5, 0.6) is 5.75 Å². The molecule has 0 spiro atoms. The lowest BCUT2D eigenvalue weighted by Crippen LogP contribution is -2.41. The number of rotatable bonds is 10. The Balaban J connectivity index is 1.59. The number of fused-ring (bicyclic) bond motifs is 1. The number of nitrogen functional groups attached to an aromatic ring is 1. The number of carbonyl (C=O) groups is 1. The lowest BCUT2D eigenvalue weighted by atomic mass is 10.1. The summed E-state index contributed by atoms with van der Waals surface area (Å²) < 4.78 is 5.41. The predicted octanol–water partition coefficient (Wildman–Crippen LogP) is 2.64. The highest BCUT2D eigenvalue weighted by atomic mass is 16.5. The van der Waals surface area contributed by atoms with Gasteiger partial charge in [-0.25, -0.2) is 15.0 Å². The number of nitrogens with one attached hydrogen (secondary N) is 1. The number of likely N-dealkylation sites (N-methyl/N-ethyl adjacent to an activating group) is 2. The molecule has 0 bridgehead atoms. The molecule has 0 aliphatic heterocycles. The normalized spacial score (nSPS) is 11.1.